The van der Waals surface area contributed by atoms with Crippen LogP contribution in [-0.2, 0) is 6.54 Å². The fourth-order valence-electron chi connectivity index (χ4n) is 3.73. The summed E-state index contributed by atoms with van der Waals surface area (Å²) < 4.78 is 0. The third-order valence-electron chi connectivity index (χ3n) is 5.11. The van der Waals surface area contributed by atoms with Gasteiger partial charge in [0.05, 0.1) is 5.69 Å². The van der Waals surface area contributed by atoms with E-state index < -0.39 is 0 Å². The average molecular weight is 397 g/mol. The molecule has 150 valence electrons. The monoisotopic (exact) mass is 396 g/mol. The van der Waals surface area contributed by atoms with Crippen molar-refractivity contribution in [3.63, 3.8) is 0 Å². The molecule has 0 saturated heterocycles. The molecule has 0 aliphatic heterocycles. The molecule has 1 aromatic rings. The first kappa shape index (κ1) is 24.0. The highest BCUT2D eigenvalue weighted by molar-refractivity contribution is 7.59. The molecule has 4 heteroatoms. The van der Waals surface area contributed by atoms with Crippen molar-refractivity contribution in [2.45, 2.75) is 84.6 Å². The molecule has 0 bridgehead atoms. The maximum Gasteiger partial charge on any atom is 0.0543 e. The van der Waals surface area contributed by atoms with Crippen LogP contribution in [0.15, 0.2) is 24.4 Å². The Morgan fingerprint density at radius 2 is 1.23 bits per heavy atom. The van der Waals surface area contributed by atoms with Crippen molar-refractivity contribution in [2.75, 3.05) is 25.4 Å². The Bertz CT molecular complexity index is 434. The summed E-state index contributed by atoms with van der Waals surface area (Å²) in [5.74, 6) is 0. The van der Waals surface area contributed by atoms with Gasteiger partial charge in [0, 0.05) is 25.8 Å². The Labute approximate surface area is 166 Å². The second-order valence-electron chi connectivity index (χ2n) is 8.45. The second kappa shape index (κ2) is 12.4. The summed E-state index contributed by atoms with van der Waals surface area (Å²) in [6, 6.07) is 6.31. The zero-order chi connectivity index (χ0) is 19.7. The number of pyridine rings is 1. The first-order valence-corrected chi connectivity index (χ1v) is 13.7. The minimum Gasteiger partial charge on any atom is -0.297 e. The van der Waals surface area contributed by atoms with Gasteiger partial charge in [-0.3, -0.25) is 9.88 Å². The van der Waals surface area contributed by atoms with E-state index in [0.717, 1.165) is 29.2 Å². The molecule has 0 saturated carbocycles. The third-order valence-corrected chi connectivity index (χ3v) is 11.9. The zero-order valence-corrected chi connectivity index (χ0v) is 20.2. The molecule has 0 fully saturated rings. The van der Waals surface area contributed by atoms with Crippen LogP contribution in [0.1, 0.15) is 61.1 Å². The van der Waals surface area contributed by atoms with Crippen molar-refractivity contribution < 1.29 is 0 Å². The van der Waals surface area contributed by atoms with E-state index in [1.165, 1.54) is 31.1 Å². The minimum absolute atomic E-state index is 0.106. The fourth-order valence-corrected chi connectivity index (χ4v) is 9.21. The Morgan fingerprint density at radius 1 is 0.769 bits per heavy atom. The fraction of sp³-hybridized carbons (Fsp3) is 0.773. The summed E-state index contributed by atoms with van der Waals surface area (Å²) in [7, 11) is 0.213. The summed E-state index contributed by atoms with van der Waals surface area (Å²) in [4.78, 5) is 7.27. The van der Waals surface area contributed by atoms with E-state index >= 15 is 0 Å². The van der Waals surface area contributed by atoms with Gasteiger partial charge in [-0.15, -0.1) is 15.8 Å². The van der Waals surface area contributed by atoms with Gasteiger partial charge >= 0.3 is 0 Å². The molecule has 0 aromatic carbocycles. The van der Waals surface area contributed by atoms with Crippen molar-refractivity contribution in [3.05, 3.63) is 30.1 Å². The van der Waals surface area contributed by atoms with Crippen molar-refractivity contribution in [2.24, 2.45) is 0 Å². The van der Waals surface area contributed by atoms with Gasteiger partial charge < -0.3 is 0 Å². The molecule has 0 spiro atoms. The first-order valence-electron chi connectivity index (χ1n) is 10.4. The Balaban J connectivity index is 2.75. The SMILES string of the molecule is CC(C)P(CCN(CCP(C(C)C)C(C)C)Cc1ccccn1)C(C)C. The molecule has 0 aliphatic rings. The lowest BCUT2D eigenvalue weighted by molar-refractivity contribution is 0.295. The highest BCUT2D eigenvalue weighted by Crippen LogP contribution is 2.47. The highest BCUT2D eigenvalue weighted by atomic mass is 31.1. The van der Waals surface area contributed by atoms with Crippen LogP contribution >= 0.6 is 15.8 Å². The van der Waals surface area contributed by atoms with Crippen molar-refractivity contribution >= 4 is 15.8 Å². The Kier molecular flexibility index (Phi) is 11.5. The average Bonchev–Trinajstić information content (AvgIpc) is 2.54. The van der Waals surface area contributed by atoms with Gasteiger partial charge in [-0.25, -0.2) is 0 Å². The van der Waals surface area contributed by atoms with Crippen molar-refractivity contribution in [3.8, 4) is 0 Å². The second-order valence-corrected chi connectivity index (χ2v) is 15.5. The third kappa shape index (κ3) is 8.77. The van der Waals surface area contributed by atoms with Gasteiger partial charge in [-0.2, -0.15) is 0 Å². The van der Waals surface area contributed by atoms with Gasteiger partial charge in [0.2, 0.25) is 0 Å². The van der Waals surface area contributed by atoms with E-state index in [-0.39, 0.29) is 15.8 Å². The molecule has 0 radical (unpaired) electrons. The number of nitrogens with zero attached hydrogens (tertiary/aromatic N) is 2. The van der Waals surface area contributed by atoms with Gasteiger partial charge in [0.25, 0.3) is 0 Å². The van der Waals surface area contributed by atoms with Gasteiger partial charge in [0.1, 0.15) is 0 Å². The highest BCUT2D eigenvalue weighted by Gasteiger charge is 2.21. The van der Waals surface area contributed by atoms with Crippen LogP contribution < -0.4 is 0 Å². The summed E-state index contributed by atoms with van der Waals surface area (Å²) in [5, 5.41) is 0. The van der Waals surface area contributed by atoms with E-state index in [1.807, 2.05) is 12.3 Å². The van der Waals surface area contributed by atoms with E-state index in [0.29, 0.717) is 0 Å². The summed E-state index contributed by atoms with van der Waals surface area (Å²) >= 11 is 0. The molecule has 1 heterocycles. The summed E-state index contributed by atoms with van der Waals surface area (Å²) in [5.41, 5.74) is 4.51. The Morgan fingerprint density at radius 3 is 1.58 bits per heavy atom. The molecule has 0 aliphatic carbocycles. The van der Waals surface area contributed by atoms with E-state index in [9.17, 15) is 0 Å². The lowest BCUT2D eigenvalue weighted by Crippen LogP contribution is -2.31. The maximum absolute atomic E-state index is 4.58. The topological polar surface area (TPSA) is 16.1 Å². The molecule has 2 nitrogen and oxygen atoms in total. The lowest BCUT2D eigenvalue weighted by Gasteiger charge is -2.32. The van der Waals surface area contributed by atoms with Crippen LogP contribution in [0.4, 0.5) is 0 Å². The molecular formula is C22H42N2P2. The lowest BCUT2D eigenvalue weighted by atomic mass is 10.3. The zero-order valence-electron chi connectivity index (χ0n) is 18.4. The van der Waals surface area contributed by atoms with Gasteiger partial charge in [-0.05, 0) is 47.1 Å². The molecule has 1 aromatic heterocycles. The van der Waals surface area contributed by atoms with Crippen LogP contribution in [0.2, 0.25) is 0 Å². The smallest absolute Gasteiger partial charge is 0.0543 e. The first-order chi connectivity index (χ1) is 12.2. The van der Waals surface area contributed by atoms with Gasteiger partial charge in [0.15, 0.2) is 0 Å². The normalized spacial score (nSPS) is 12.7. The largest absolute Gasteiger partial charge is 0.297 e. The van der Waals surface area contributed by atoms with Crippen molar-refractivity contribution in [1.82, 2.24) is 9.88 Å². The van der Waals surface area contributed by atoms with E-state index in [1.54, 1.807) is 0 Å². The predicted octanol–water partition coefficient (Wildman–Crippen LogP) is 6.48. The summed E-state index contributed by atoms with van der Waals surface area (Å²) in [6.45, 7) is 22.7. The Hall–Kier alpha value is -0.0300. The van der Waals surface area contributed by atoms with E-state index in [2.05, 4.69) is 77.4 Å². The molecule has 0 atom stereocenters. The van der Waals surface area contributed by atoms with Crippen LogP contribution in [0.25, 0.3) is 0 Å². The van der Waals surface area contributed by atoms with Crippen LogP contribution in [0, 0.1) is 0 Å². The van der Waals surface area contributed by atoms with Crippen LogP contribution in [-0.4, -0.2) is 57.9 Å². The molecular weight excluding hydrogens is 354 g/mol. The van der Waals surface area contributed by atoms with Crippen LogP contribution in [0.5, 0.6) is 0 Å². The molecule has 0 amide bonds. The standard InChI is InChI=1S/C22H42N2P2/c1-18(2)25(19(3)4)15-13-24(17-22-11-9-10-12-23-22)14-16-26(20(5)6)21(7)8/h9-12,18-21H,13-17H2,1-8H3. The molecule has 0 N–H and O–H groups in total. The predicted molar refractivity (Wildman–Crippen MR) is 124 cm³/mol. The molecule has 1 rings (SSSR count). The number of rotatable bonds is 12. The maximum atomic E-state index is 4.58. The number of aromatic nitrogens is 1. The summed E-state index contributed by atoms with van der Waals surface area (Å²) in [6.07, 6.45) is 4.65. The van der Waals surface area contributed by atoms with Crippen molar-refractivity contribution in [1.29, 1.82) is 0 Å². The molecule has 0 unspecified atom stereocenters. The number of hydrogen-bond donors (Lipinski definition) is 0. The molecule has 26 heavy (non-hydrogen) atoms. The minimum atomic E-state index is 0.106. The number of hydrogen-bond acceptors (Lipinski definition) is 2. The van der Waals surface area contributed by atoms with Gasteiger partial charge in [-0.1, -0.05) is 61.5 Å². The van der Waals surface area contributed by atoms with E-state index in [4.69, 9.17) is 0 Å². The quantitative estimate of drug-likeness (QED) is 0.376. The van der Waals surface area contributed by atoms with Crippen LogP contribution in [0.3, 0.4) is 0 Å².